The third kappa shape index (κ3) is 5.39. The van der Waals surface area contributed by atoms with Crippen LogP contribution in [0.15, 0.2) is 30.6 Å². The highest BCUT2D eigenvalue weighted by Gasteiger charge is 2.24. The Kier molecular flexibility index (Phi) is 7.46. The molecular weight excluding hydrogens is 392 g/mol. The van der Waals surface area contributed by atoms with E-state index in [9.17, 15) is 14.9 Å². The summed E-state index contributed by atoms with van der Waals surface area (Å²) in [4.78, 5) is 33.6. The maximum atomic E-state index is 12.2. The number of carbonyl (C=O) groups excluding carboxylic acids is 1. The third-order valence-corrected chi connectivity index (χ3v) is 4.50. The van der Waals surface area contributed by atoms with Crippen LogP contribution in [-0.2, 0) is 9.47 Å². The largest absolute Gasteiger partial charge is 0.462 e. The van der Waals surface area contributed by atoms with Crippen LogP contribution in [0.25, 0.3) is 0 Å². The standard InChI is InChI=1S/C19H24N6O5/c1-2-30-19(26)14-5-3-4-6-15(14)23-18-16(25(27)28)17(21-13-22-18)20-7-8-24-9-11-29-12-10-24/h3-6,13H,2,7-12H2,1H3,(H2,20,21,22,23). The molecule has 1 aromatic heterocycles. The molecule has 3 rings (SSSR count). The summed E-state index contributed by atoms with van der Waals surface area (Å²) in [5.74, 6) is -0.429. The maximum absolute atomic E-state index is 12.2. The molecule has 30 heavy (non-hydrogen) atoms. The number of ether oxygens (including phenoxy) is 2. The Labute approximate surface area is 173 Å². The molecule has 1 fully saturated rings. The Bertz CT molecular complexity index is 887. The van der Waals surface area contributed by atoms with Crippen molar-refractivity contribution in [2.75, 3.05) is 56.6 Å². The van der Waals surface area contributed by atoms with E-state index >= 15 is 0 Å². The Hall–Kier alpha value is -3.31. The molecule has 11 heteroatoms. The minimum absolute atomic E-state index is 0.0133. The zero-order valence-corrected chi connectivity index (χ0v) is 16.7. The van der Waals surface area contributed by atoms with Crippen molar-refractivity contribution in [3.05, 3.63) is 46.3 Å². The Morgan fingerprint density at radius 2 is 2.00 bits per heavy atom. The summed E-state index contributed by atoms with van der Waals surface area (Å²) in [7, 11) is 0. The number of hydrogen-bond donors (Lipinski definition) is 2. The van der Waals surface area contributed by atoms with Gasteiger partial charge in [0.1, 0.15) is 6.33 Å². The number of benzene rings is 1. The number of esters is 1. The highest BCUT2D eigenvalue weighted by Crippen LogP contribution is 2.32. The summed E-state index contributed by atoms with van der Waals surface area (Å²) < 4.78 is 10.4. The first-order valence-corrected chi connectivity index (χ1v) is 9.66. The molecule has 0 unspecified atom stereocenters. The highest BCUT2D eigenvalue weighted by atomic mass is 16.6. The summed E-state index contributed by atoms with van der Waals surface area (Å²) in [5, 5.41) is 17.6. The Balaban J connectivity index is 1.78. The van der Waals surface area contributed by atoms with Gasteiger partial charge in [0.15, 0.2) is 0 Å². The van der Waals surface area contributed by atoms with Crippen molar-refractivity contribution in [1.82, 2.24) is 14.9 Å². The first-order chi connectivity index (χ1) is 14.6. The molecule has 0 atom stereocenters. The SMILES string of the molecule is CCOC(=O)c1ccccc1Nc1ncnc(NCCN2CCOCC2)c1[N+](=O)[O-]. The first-order valence-electron chi connectivity index (χ1n) is 9.66. The van der Waals surface area contributed by atoms with E-state index in [1.54, 1.807) is 31.2 Å². The lowest BCUT2D eigenvalue weighted by molar-refractivity contribution is -0.383. The van der Waals surface area contributed by atoms with E-state index in [0.717, 1.165) is 13.1 Å². The van der Waals surface area contributed by atoms with Gasteiger partial charge in [0.25, 0.3) is 0 Å². The summed E-state index contributed by atoms with van der Waals surface area (Å²) in [6.45, 7) is 6.13. The zero-order valence-electron chi connectivity index (χ0n) is 16.7. The van der Waals surface area contributed by atoms with E-state index in [2.05, 4.69) is 25.5 Å². The first kappa shape index (κ1) is 21.4. The van der Waals surface area contributed by atoms with Crippen LogP contribution in [0.3, 0.4) is 0 Å². The molecule has 1 aromatic carbocycles. The third-order valence-electron chi connectivity index (χ3n) is 4.50. The van der Waals surface area contributed by atoms with Crippen LogP contribution < -0.4 is 10.6 Å². The summed E-state index contributed by atoms with van der Waals surface area (Å²) >= 11 is 0. The molecule has 2 N–H and O–H groups in total. The van der Waals surface area contributed by atoms with Crippen molar-refractivity contribution in [3.8, 4) is 0 Å². The molecule has 1 saturated heterocycles. The lowest BCUT2D eigenvalue weighted by atomic mass is 10.2. The van der Waals surface area contributed by atoms with Crippen molar-refractivity contribution < 1.29 is 19.2 Å². The maximum Gasteiger partial charge on any atom is 0.353 e. The molecule has 0 amide bonds. The van der Waals surface area contributed by atoms with Gasteiger partial charge in [-0.3, -0.25) is 15.0 Å². The van der Waals surface area contributed by atoms with Crippen LogP contribution in [0.5, 0.6) is 0 Å². The van der Waals surface area contributed by atoms with E-state index in [0.29, 0.717) is 32.0 Å². The van der Waals surface area contributed by atoms with Crippen molar-refractivity contribution >= 4 is 29.0 Å². The van der Waals surface area contributed by atoms with Gasteiger partial charge in [-0.05, 0) is 19.1 Å². The number of nitro groups is 1. The number of anilines is 3. The molecule has 0 bridgehead atoms. The molecule has 11 nitrogen and oxygen atoms in total. The van der Waals surface area contributed by atoms with Crippen molar-refractivity contribution in [1.29, 1.82) is 0 Å². The van der Waals surface area contributed by atoms with E-state index in [1.165, 1.54) is 6.33 Å². The number of aromatic nitrogens is 2. The van der Waals surface area contributed by atoms with Gasteiger partial charge in [0.05, 0.1) is 36.0 Å². The lowest BCUT2D eigenvalue weighted by Gasteiger charge is -2.26. The van der Waals surface area contributed by atoms with E-state index in [1.807, 2.05) is 0 Å². The molecule has 0 saturated carbocycles. The van der Waals surface area contributed by atoms with Crippen LogP contribution in [-0.4, -0.2) is 71.8 Å². The quantitative estimate of drug-likeness (QED) is 0.355. The van der Waals surface area contributed by atoms with Gasteiger partial charge in [0, 0.05) is 26.2 Å². The molecular formula is C19H24N6O5. The average Bonchev–Trinajstić information content (AvgIpc) is 2.75. The number of morpholine rings is 1. The second-order valence-corrected chi connectivity index (χ2v) is 6.45. The van der Waals surface area contributed by atoms with Crippen LogP contribution in [0, 0.1) is 10.1 Å². The number of nitrogens with zero attached hydrogens (tertiary/aromatic N) is 4. The average molecular weight is 416 g/mol. The summed E-state index contributed by atoms with van der Waals surface area (Å²) in [6.07, 6.45) is 1.24. The van der Waals surface area contributed by atoms with Gasteiger partial charge in [-0.25, -0.2) is 14.8 Å². The zero-order chi connectivity index (χ0) is 21.3. The second kappa shape index (κ2) is 10.5. The van der Waals surface area contributed by atoms with Crippen LogP contribution in [0.4, 0.5) is 23.0 Å². The highest BCUT2D eigenvalue weighted by molar-refractivity contribution is 5.96. The minimum Gasteiger partial charge on any atom is -0.462 e. The fraction of sp³-hybridized carbons (Fsp3) is 0.421. The predicted octanol–water partition coefficient (Wildman–Crippen LogP) is 2.05. The van der Waals surface area contributed by atoms with Crippen molar-refractivity contribution in [3.63, 3.8) is 0 Å². The monoisotopic (exact) mass is 416 g/mol. The van der Waals surface area contributed by atoms with Gasteiger partial charge >= 0.3 is 11.7 Å². The fourth-order valence-corrected chi connectivity index (χ4v) is 3.04. The molecule has 0 spiro atoms. The minimum atomic E-state index is -0.549. The van der Waals surface area contributed by atoms with Gasteiger partial charge < -0.3 is 20.1 Å². The predicted molar refractivity (Wildman–Crippen MR) is 110 cm³/mol. The van der Waals surface area contributed by atoms with Gasteiger partial charge in [-0.2, -0.15) is 0 Å². The second-order valence-electron chi connectivity index (χ2n) is 6.45. The van der Waals surface area contributed by atoms with Gasteiger partial charge in [-0.15, -0.1) is 0 Å². The normalized spacial score (nSPS) is 14.2. The smallest absolute Gasteiger partial charge is 0.353 e. The number of nitrogens with one attached hydrogen (secondary N) is 2. The molecule has 1 aliphatic rings. The summed E-state index contributed by atoms with van der Waals surface area (Å²) in [6, 6.07) is 6.60. The number of para-hydroxylation sites is 1. The van der Waals surface area contributed by atoms with Crippen LogP contribution >= 0.6 is 0 Å². The topological polar surface area (TPSA) is 132 Å². The van der Waals surface area contributed by atoms with Gasteiger partial charge in [0.2, 0.25) is 11.6 Å². The molecule has 0 radical (unpaired) electrons. The molecule has 2 heterocycles. The van der Waals surface area contributed by atoms with E-state index in [-0.39, 0.29) is 29.5 Å². The van der Waals surface area contributed by atoms with E-state index in [4.69, 9.17) is 9.47 Å². The molecule has 1 aliphatic heterocycles. The number of rotatable bonds is 9. The fourth-order valence-electron chi connectivity index (χ4n) is 3.04. The van der Waals surface area contributed by atoms with Crippen LogP contribution in [0.1, 0.15) is 17.3 Å². The number of carbonyl (C=O) groups is 1. The molecule has 0 aliphatic carbocycles. The molecule has 2 aromatic rings. The lowest BCUT2D eigenvalue weighted by Crippen LogP contribution is -2.39. The van der Waals surface area contributed by atoms with Crippen LogP contribution in [0.2, 0.25) is 0 Å². The Morgan fingerprint density at radius 1 is 1.27 bits per heavy atom. The Morgan fingerprint density at radius 3 is 2.73 bits per heavy atom. The van der Waals surface area contributed by atoms with E-state index < -0.39 is 10.9 Å². The van der Waals surface area contributed by atoms with Gasteiger partial charge in [-0.1, -0.05) is 12.1 Å². The van der Waals surface area contributed by atoms with Crippen molar-refractivity contribution in [2.24, 2.45) is 0 Å². The molecule has 160 valence electrons. The number of hydrogen-bond acceptors (Lipinski definition) is 10. The summed E-state index contributed by atoms with van der Waals surface area (Å²) in [5.41, 5.74) is 0.323. The van der Waals surface area contributed by atoms with Crippen molar-refractivity contribution in [2.45, 2.75) is 6.92 Å².